The van der Waals surface area contributed by atoms with Crippen molar-refractivity contribution < 1.29 is 51.1 Å². The standard InChI is InChI=1S/C12H12F4O2.C10H18N2S.C9H13NO4.C7H15NO.C6H10.C2H6/c1-5-6(13)8(15)10(9(16)7(5)14)18-11(17)12(2,3)4;1-6-11-7-5-13-9(8(7)12-6)10(2,3)4;1-9(2,3)8(13)14-10-6(11)4-5-7(10)12;1-5(9)6(8)7(2,3)4;1-5-6(2,3)4;1-2/h1-4H3;7-9,11-12H,1,5H2,2-4H3;4-5H2,1-3H3;6H,8H2,1-4H3;1H,2-4H3;1-2H3. The molecule has 4 N–H and O–H groups in total. The molecule has 0 spiro atoms. The van der Waals surface area contributed by atoms with Gasteiger partial charge in [-0.2, -0.15) is 20.5 Å². The molecule has 3 saturated heterocycles. The van der Waals surface area contributed by atoms with E-state index in [2.05, 4.69) is 60.4 Å². The number of rotatable bonds is 3. The van der Waals surface area contributed by atoms with E-state index >= 15 is 0 Å². The molecule has 354 valence electrons. The number of halogens is 4. The molecule has 3 heterocycles. The second-order valence-electron chi connectivity index (χ2n) is 19.9. The molecule has 0 radical (unpaired) electrons. The molecule has 3 fully saturated rings. The quantitative estimate of drug-likeness (QED) is 0.0664. The van der Waals surface area contributed by atoms with Crippen molar-refractivity contribution in [2.24, 2.45) is 32.8 Å². The zero-order valence-corrected chi connectivity index (χ0v) is 41.3. The molecule has 2 amide bonds. The number of fused-ring (bicyclic) bond motifs is 1. The van der Waals surface area contributed by atoms with Crippen LogP contribution in [0.3, 0.4) is 0 Å². The Bertz CT molecular complexity index is 1730. The van der Waals surface area contributed by atoms with E-state index in [0.717, 1.165) is 12.7 Å². The first-order valence-corrected chi connectivity index (χ1v) is 21.5. The molecule has 0 bridgehead atoms. The van der Waals surface area contributed by atoms with Crippen LogP contribution >= 0.6 is 11.8 Å². The molecule has 16 heteroatoms. The number of terminal acetylenes is 1. The van der Waals surface area contributed by atoms with E-state index in [4.69, 9.17) is 17.0 Å². The number of imide groups is 1. The van der Waals surface area contributed by atoms with Gasteiger partial charge in [0.2, 0.25) is 17.4 Å². The van der Waals surface area contributed by atoms with Gasteiger partial charge in [0.05, 0.1) is 34.8 Å². The van der Waals surface area contributed by atoms with Crippen LogP contribution in [0.1, 0.15) is 143 Å². The van der Waals surface area contributed by atoms with Crippen LogP contribution < -0.4 is 21.1 Å². The third-order valence-electron chi connectivity index (χ3n) is 8.62. The maximum absolute atomic E-state index is 13.4. The fourth-order valence-corrected chi connectivity index (χ4v) is 6.40. The predicted octanol–water partition coefficient (Wildman–Crippen LogP) is 9.33. The highest BCUT2D eigenvalue weighted by molar-refractivity contribution is 8.00. The lowest BCUT2D eigenvalue weighted by atomic mass is 9.85. The highest BCUT2D eigenvalue weighted by atomic mass is 32.2. The van der Waals surface area contributed by atoms with Crippen molar-refractivity contribution in [3.05, 3.63) is 41.2 Å². The first-order chi connectivity index (χ1) is 27.8. The third kappa shape index (κ3) is 19.5. The molecular weight excluding hydrogens is 829 g/mol. The van der Waals surface area contributed by atoms with Gasteiger partial charge in [0, 0.05) is 34.8 Å². The number of hydrogen-bond acceptors (Lipinski definition) is 11. The lowest BCUT2D eigenvalue weighted by molar-refractivity contribution is -0.203. The van der Waals surface area contributed by atoms with Crippen molar-refractivity contribution >= 4 is 41.3 Å². The predicted molar refractivity (Wildman–Crippen MR) is 239 cm³/mol. The molecule has 0 saturated carbocycles. The van der Waals surface area contributed by atoms with Gasteiger partial charge >= 0.3 is 11.9 Å². The van der Waals surface area contributed by atoms with Gasteiger partial charge in [0.15, 0.2) is 11.6 Å². The molecule has 3 aliphatic heterocycles. The summed E-state index contributed by atoms with van der Waals surface area (Å²) in [4.78, 5) is 60.3. The smallest absolute Gasteiger partial charge is 0.338 e. The lowest BCUT2D eigenvalue weighted by Gasteiger charge is -2.30. The highest BCUT2D eigenvalue weighted by Crippen LogP contribution is 2.41. The van der Waals surface area contributed by atoms with Gasteiger partial charge in [-0.05, 0) is 87.0 Å². The number of amides is 2. The van der Waals surface area contributed by atoms with E-state index < -0.39 is 69.2 Å². The molecule has 4 rings (SSSR count). The number of ketones is 1. The Morgan fingerprint density at radius 3 is 1.52 bits per heavy atom. The minimum Gasteiger partial charge on any atom is -0.420 e. The van der Waals surface area contributed by atoms with E-state index in [-0.39, 0.29) is 35.5 Å². The number of carbonyl (C=O) groups is 5. The lowest BCUT2D eigenvalue weighted by Crippen LogP contribution is -2.42. The van der Waals surface area contributed by atoms with Gasteiger partial charge < -0.3 is 25.9 Å². The number of carbonyl (C=O) groups excluding carboxylic acids is 5. The molecule has 1 aromatic carbocycles. The van der Waals surface area contributed by atoms with Crippen molar-refractivity contribution in [3.63, 3.8) is 0 Å². The van der Waals surface area contributed by atoms with Crippen molar-refractivity contribution in [1.82, 2.24) is 15.7 Å². The summed E-state index contributed by atoms with van der Waals surface area (Å²) < 4.78 is 57.6. The summed E-state index contributed by atoms with van der Waals surface area (Å²) in [6.07, 6.45) is 5.30. The fourth-order valence-electron chi connectivity index (χ4n) is 4.73. The number of benzene rings is 1. The largest absolute Gasteiger partial charge is 0.420 e. The first-order valence-electron chi connectivity index (χ1n) is 20.5. The number of thioether (sulfide) groups is 1. The second kappa shape index (κ2) is 24.1. The van der Waals surface area contributed by atoms with Gasteiger partial charge in [-0.15, -0.1) is 17.4 Å². The molecule has 62 heavy (non-hydrogen) atoms. The van der Waals surface area contributed by atoms with E-state index in [0.29, 0.717) is 27.8 Å². The number of ether oxygens (including phenoxy) is 1. The van der Waals surface area contributed by atoms with Crippen LogP contribution in [0.4, 0.5) is 17.6 Å². The van der Waals surface area contributed by atoms with Crippen molar-refractivity contribution in [3.8, 4) is 18.1 Å². The third-order valence-corrected chi connectivity index (χ3v) is 10.5. The normalized spacial score (nSPS) is 18.7. The van der Waals surface area contributed by atoms with Gasteiger partial charge in [0.25, 0.3) is 11.8 Å². The van der Waals surface area contributed by atoms with Gasteiger partial charge in [-0.3, -0.25) is 19.2 Å². The zero-order chi connectivity index (χ0) is 49.7. The van der Waals surface area contributed by atoms with Crippen molar-refractivity contribution in [2.45, 2.75) is 168 Å². The topological polar surface area (TPSA) is 157 Å². The van der Waals surface area contributed by atoms with E-state index in [1.165, 1.54) is 33.4 Å². The molecular formula is C46H74F4N4O7S. The Balaban J connectivity index is 0. The van der Waals surface area contributed by atoms with Crippen molar-refractivity contribution in [1.29, 1.82) is 0 Å². The maximum atomic E-state index is 13.4. The summed E-state index contributed by atoms with van der Waals surface area (Å²) in [5, 5.41) is 8.10. The Morgan fingerprint density at radius 1 is 0.806 bits per heavy atom. The Morgan fingerprint density at radius 2 is 1.21 bits per heavy atom. The number of hydrogen-bond donors (Lipinski definition) is 3. The minimum absolute atomic E-state index is 0.0579. The molecule has 1 aromatic rings. The number of nitrogens with two attached hydrogens (primary N) is 1. The summed E-state index contributed by atoms with van der Waals surface area (Å²) in [6.45, 7) is 38.4. The van der Waals surface area contributed by atoms with Crippen molar-refractivity contribution in [2.75, 3.05) is 5.75 Å². The number of nitrogens with one attached hydrogen (secondary N) is 2. The van der Waals surface area contributed by atoms with Crippen LogP contribution in [-0.2, 0) is 28.8 Å². The zero-order valence-electron chi connectivity index (χ0n) is 40.5. The highest BCUT2D eigenvalue weighted by Gasteiger charge is 2.46. The number of esters is 1. The molecule has 4 unspecified atom stereocenters. The Hall–Kier alpha value is -4.10. The summed E-state index contributed by atoms with van der Waals surface area (Å²) in [5.41, 5.74) is 3.32. The first kappa shape index (κ1) is 60.0. The summed E-state index contributed by atoms with van der Waals surface area (Å²) in [5.74, 6) is -5.55. The average molecular weight is 903 g/mol. The van der Waals surface area contributed by atoms with Crippen LogP contribution in [0.15, 0.2) is 12.4 Å². The SMILES string of the molecule is C#CC(C)(C)C.C=C1NC2CSC(C(C)(C)C)C2N1.CC.CC(=O)C(N)C(C)(C)C.CC(C)(C)C(=O)ON1C(=O)CCC1=O.Cc1c(F)c(F)c(OC(=O)C(C)(C)C)c(F)c1F. The summed E-state index contributed by atoms with van der Waals surface area (Å²) in [7, 11) is 0. The van der Waals surface area contributed by atoms with Gasteiger partial charge in [-0.1, -0.05) is 62.0 Å². The Labute approximate surface area is 372 Å². The molecule has 11 nitrogen and oxygen atoms in total. The minimum atomic E-state index is -1.72. The maximum Gasteiger partial charge on any atom is 0.338 e. The van der Waals surface area contributed by atoms with Gasteiger partial charge in [-0.25, -0.2) is 13.6 Å². The molecule has 0 aliphatic carbocycles. The van der Waals surface area contributed by atoms with Gasteiger partial charge in [0.1, 0.15) is 5.78 Å². The summed E-state index contributed by atoms with van der Waals surface area (Å²) >= 11 is 2.08. The van der Waals surface area contributed by atoms with E-state index in [9.17, 15) is 41.5 Å². The number of Topliss-reactive ketones (excluding diaryl/α,β-unsaturated/α-hetero) is 1. The van der Waals surface area contributed by atoms with Crippen LogP contribution in [0.2, 0.25) is 0 Å². The fraction of sp³-hybridized carbons (Fsp3) is 0.674. The monoisotopic (exact) mass is 903 g/mol. The van der Waals surface area contributed by atoms with Crippen LogP contribution in [-0.4, -0.2) is 63.7 Å². The van der Waals surface area contributed by atoms with Crippen LogP contribution in [0, 0.1) is 69.6 Å². The Kier molecular flexibility index (Phi) is 23.3. The van der Waals surface area contributed by atoms with E-state index in [1.54, 1.807) is 20.8 Å². The van der Waals surface area contributed by atoms with Crippen LogP contribution in [0.25, 0.3) is 0 Å². The molecule has 4 atom stereocenters. The van der Waals surface area contributed by atoms with Crippen LogP contribution in [0.5, 0.6) is 5.75 Å². The molecule has 3 aliphatic rings. The van der Waals surface area contributed by atoms with E-state index in [1.807, 2.05) is 55.4 Å². The average Bonchev–Trinajstić information content (AvgIpc) is 3.81. The summed E-state index contributed by atoms with van der Waals surface area (Å²) in [6, 6.07) is 0.858. The second-order valence-corrected chi connectivity index (χ2v) is 21.1. The molecule has 0 aromatic heterocycles. The number of hydroxylamine groups is 2. The number of nitrogens with zero attached hydrogens (tertiary/aromatic N) is 1.